The lowest BCUT2D eigenvalue weighted by atomic mass is 9.96. The van der Waals surface area contributed by atoms with E-state index in [1.807, 2.05) is 20.8 Å². The maximum absolute atomic E-state index is 13.3. The van der Waals surface area contributed by atoms with Gasteiger partial charge in [0.05, 0.1) is 0 Å². The molecule has 0 fully saturated rings. The van der Waals surface area contributed by atoms with E-state index in [-0.39, 0.29) is 23.8 Å². The Hall–Kier alpha value is -4.29. The Morgan fingerprint density at radius 3 is 2.61 bits per heavy atom. The molecule has 188 valence electrons. The number of anilines is 2. The number of alkyl halides is 2. The molecule has 4 aromatic rings. The molecule has 2 N–H and O–H groups in total. The molecule has 0 aliphatic carbocycles. The smallest absolute Gasteiger partial charge is 0.315 e. The molecule has 0 bridgehead atoms. The summed E-state index contributed by atoms with van der Waals surface area (Å²) < 4.78 is 33.3. The minimum absolute atomic E-state index is 0.00190. The maximum atomic E-state index is 13.3. The summed E-state index contributed by atoms with van der Waals surface area (Å²) in [6.07, 6.45) is 0.00290. The first-order valence-electron chi connectivity index (χ1n) is 11.1. The monoisotopic (exact) mass is 497 g/mol. The normalized spacial score (nSPS) is 11.6. The maximum Gasteiger partial charge on any atom is 0.315 e. The van der Waals surface area contributed by atoms with Gasteiger partial charge in [0.1, 0.15) is 6.33 Å². The molecule has 0 aliphatic heterocycles. The van der Waals surface area contributed by atoms with Crippen molar-refractivity contribution in [1.29, 1.82) is 0 Å². The average Bonchev–Trinajstić information content (AvgIpc) is 3.47. The number of rotatable bonds is 8. The van der Waals surface area contributed by atoms with E-state index in [0.717, 1.165) is 0 Å². The van der Waals surface area contributed by atoms with Crippen LogP contribution in [-0.2, 0) is 25.4 Å². The first-order valence-corrected chi connectivity index (χ1v) is 11.1. The molecule has 0 aliphatic rings. The fraction of sp³-hybridized carbons (Fsp3) is 0.348. The molecule has 1 aromatic carbocycles. The van der Waals surface area contributed by atoms with E-state index in [1.165, 1.54) is 6.33 Å². The number of hydrogen-bond donors (Lipinski definition) is 2. The van der Waals surface area contributed by atoms with Crippen LogP contribution < -0.4 is 10.6 Å². The Bertz CT molecular complexity index is 1360. The van der Waals surface area contributed by atoms with Crippen LogP contribution in [0.3, 0.4) is 0 Å². The van der Waals surface area contributed by atoms with Crippen molar-refractivity contribution in [2.24, 2.45) is 7.05 Å². The Balaban J connectivity index is 1.52. The molecule has 13 heteroatoms. The summed E-state index contributed by atoms with van der Waals surface area (Å²) in [7, 11) is 1.78. The second-order valence-electron chi connectivity index (χ2n) is 9.07. The zero-order valence-electron chi connectivity index (χ0n) is 20.2. The number of hydrogen-bond acceptors (Lipinski definition) is 9. The molecule has 36 heavy (non-hydrogen) atoms. The number of nitrogens with one attached hydrogen (secondary N) is 2. The van der Waals surface area contributed by atoms with Crippen molar-refractivity contribution < 1.29 is 18.1 Å². The Morgan fingerprint density at radius 1 is 1.14 bits per heavy atom. The Kier molecular flexibility index (Phi) is 6.99. The number of carbonyl (C=O) groups is 1. The number of nitrogens with zero attached hydrogens (tertiary/aromatic N) is 7. The third-order valence-electron chi connectivity index (χ3n) is 5.09. The summed E-state index contributed by atoms with van der Waals surface area (Å²) in [5.74, 6) is 0.729. The lowest BCUT2D eigenvalue weighted by Crippen LogP contribution is -2.24. The molecule has 0 atom stereocenters. The van der Waals surface area contributed by atoms with Gasteiger partial charge in [0, 0.05) is 43.3 Å². The number of aryl methyl sites for hydroxylation is 1. The summed E-state index contributed by atoms with van der Waals surface area (Å²) in [6, 6.07) is 6.68. The second kappa shape index (κ2) is 10.1. The SMILES string of the molecule is Cn1ccc(Nc2ncnc(-c3ccc(CNC(=O)c4nc(C(C)(C)C)no4)c(CC(F)F)c3)n2)n1. The van der Waals surface area contributed by atoms with Crippen LogP contribution in [0, 0.1) is 0 Å². The summed E-state index contributed by atoms with van der Waals surface area (Å²) in [4.78, 5) is 29.2. The van der Waals surface area contributed by atoms with Gasteiger partial charge < -0.3 is 15.2 Å². The molecule has 3 aromatic heterocycles. The minimum Gasteiger partial charge on any atom is -0.344 e. The third kappa shape index (κ3) is 6.03. The van der Waals surface area contributed by atoms with Crippen molar-refractivity contribution in [2.75, 3.05) is 5.32 Å². The van der Waals surface area contributed by atoms with Gasteiger partial charge >= 0.3 is 11.8 Å². The van der Waals surface area contributed by atoms with Gasteiger partial charge in [0.15, 0.2) is 17.5 Å². The largest absolute Gasteiger partial charge is 0.344 e. The molecule has 3 heterocycles. The van der Waals surface area contributed by atoms with E-state index >= 15 is 0 Å². The first kappa shape index (κ1) is 24.8. The van der Waals surface area contributed by atoms with Gasteiger partial charge in [-0.3, -0.25) is 9.48 Å². The molecular formula is C23H25F2N9O2. The molecule has 0 saturated carbocycles. The van der Waals surface area contributed by atoms with E-state index in [4.69, 9.17) is 4.52 Å². The summed E-state index contributed by atoms with van der Waals surface area (Å²) >= 11 is 0. The van der Waals surface area contributed by atoms with Gasteiger partial charge in [0.25, 0.3) is 0 Å². The van der Waals surface area contributed by atoms with Crippen molar-refractivity contribution in [1.82, 2.24) is 40.2 Å². The van der Waals surface area contributed by atoms with Crippen LogP contribution in [-0.4, -0.2) is 47.2 Å². The Labute approximate surface area is 205 Å². The predicted octanol–water partition coefficient (Wildman–Crippen LogP) is 3.43. The molecule has 0 unspecified atom stereocenters. The fourth-order valence-electron chi connectivity index (χ4n) is 3.26. The highest BCUT2D eigenvalue weighted by Crippen LogP contribution is 2.23. The van der Waals surface area contributed by atoms with Crippen molar-refractivity contribution in [3.63, 3.8) is 0 Å². The summed E-state index contributed by atoms with van der Waals surface area (Å²) in [5.41, 5.74) is 1.01. The van der Waals surface area contributed by atoms with Crippen LogP contribution in [0.5, 0.6) is 0 Å². The average molecular weight is 498 g/mol. The third-order valence-corrected chi connectivity index (χ3v) is 5.09. The van der Waals surface area contributed by atoms with E-state index in [9.17, 15) is 13.6 Å². The lowest BCUT2D eigenvalue weighted by molar-refractivity contribution is 0.0907. The van der Waals surface area contributed by atoms with Crippen LogP contribution in [0.4, 0.5) is 20.5 Å². The summed E-state index contributed by atoms with van der Waals surface area (Å²) in [5, 5.41) is 13.7. The lowest BCUT2D eigenvalue weighted by Gasteiger charge is -2.12. The fourth-order valence-corrected chi connectivity index (χ4v) is 3.26. The highest BCUT2D eigenvalue weighted by Gasteiger charge is 2.24. The standard InChI is InChI=1S/C23H25F2N9O2/c1-23(2,3)21-31-20(36-33-21)19(35)26-11-14-6-5-13(9-15(14)10-16(24)25)18-27-12-28-22(30-18)29-17-7-8-34(4)32-17/h5-9,12,16H,10-11H2,1-4H3,(H,26,35)(H,27,28,29,30,32). The predicted molar refractivity (Wildman–Crippen MR) is 126 cm³/mol. The molecule has 0 radical (unpaired) electrons. The van der Waals surface area contributed by atoms with Crippen LogP contribution in [0.1, 0.15) is 48.4 Å². The number of halogens is 2. The molecule has 1 amide bonds. The quantitative estimate of drug-likeness (QED) is 0.375. The zero-order chi connectivity index (χ0) is 25.9. The first-order chi connectivity index (χ1) is 17.1. The van der Waals surface area contributed by atoms with Crippen LogP contribution >= 0.6 is 0 Å². The van der Waals surface area contributed by atoms with Gasteiger partial charge in [-0.1, -0.05) is 38.1 Å². The zero-order valence-corrected chi connectivity index (χ0v) is 20.2. The molecule has 0 spiro atoms. The Morgan fingerprint density at radius 2 is 1.94 bits per heavy atom. The van der Waals surface area contributed by atoms with Crippen molar-refractivity contribution in [3.05, 3.63) is 59.6 Å². The van der Waals surface area contributed by atoms with Crippen molar-refractivity contribution in [3.8, 4) is 11.4 Å². The molecular weight excluding hydrogens is 472 g/mol. The second-order valence-corrected chi connectivity index (χ2v) is 9.07. The molecule has 4 rings (SSSR count). The number of aromatic nitrogens is 7. The van der Waals surface area contributed by atoms with E-state index in [0.29, 0.717) is 34.2 Å². The van der Waals surface area contributed by atoms with Gasteiger partial charge in [-0.15, -0.1) is 0 Å². The highest BCUT2D eigenvalue weighted by atomic mass is 19.3. The summed E-state index contributed by atoms with van der Waals surface area (Å²) in [6.45, 7) is 5.67. The van der Waals surface area contributed by atoms with Gasteiger partial charge in [-0.2, -0.15) is 15.1 Å². The van der Waals surface area contributed by atoms with Crippen LogP contribution in [0.25, 0.3) is 11.4 Å². The van der Waals surface area contributed by atoms with Crippen LogP contribution in [0.2, 0.25) is 0 Å². The topological polar surface area (TPSA) is 137 Å². The minimum atomic E-state index is -2.58. The van der Waals surface area contributed by atoms with E-state index in [2.05, 4.69) is 40.8 Å². The number of amides is 1. The van der Waals surface area contributed by atoms with Gasteiger partial charge in [-0.05, 0) is 17.2 Å². The molecule has 0 saturated heterocycles. The molecule has 11 nitrogen and oxygen atoms in total. The van der Waals surface area contributed by atoms with Crippen molar-refractivity contribution >= 4 is 17.7 Å². The van der Waals surface area contributed by atoms with Crippen LogP contribution in [0.15, 0.2) is 41.3 Å². The van der Waals surface area contributed by atoms with E-state index in [1.54, 1.807) is 42.2 Å². The number of benzene rings is 1. The van der Waals surface area contributed by atoms with Gasteiger partial charge in [-0.25, -0.2) is 18.7 Å². The van der Waals surface area contributed by atoms with Gasteiger partial charge in [0.2, 0.25) is 12.4 Å². The number of carbonyl (C=O) groups excluding carboxylic acids is 1. The van der Waals surface area contributed by atoms with Crippen molar-refractivity contribution in [2.45, 2.75) is 45.6 Å². The van der Waals surface area contributed by atoms with E-state index < -0.39 is 18.8 Å². The highest BCUT2D eigenvalue weighted by molar-refractivity contribution is 5.89.